The number of nitrogens with one attached hydrogen (secondary N) is 1. The Morgan fingerprint density at radius 3 is 2.41 bits per heavy atom. The molecule has 0 radical (unpaired) electrons. The predicted molar refractivity (Wildman–Crippen MR) is 83.4 cm³/mol. The van der Waals surface area contributed by atoms with Crippen LogP contribution >= 0.6 is 0 Å². The summed E-state index contributed by atoms with van der Waals surface area (Å²) < 4.78 is 5.38. The lowest BCUT2D eigenvalue weighted by atomic mass is 10.1. The smallest absolute Gasteiger partial charge is 0.337 e. The number of carbonyl (C=O) groups excluding carboxylic acids is 1. The van der Waals surface area contributed by atoms with Gasteiger partial charge >= 0.3 is 5.97 Å². The fourth-order valence-electron chi connectivity index (χ4n) is 1.97. The summed E-state index contributed by atoms with van der Waals surface area (Å²) in [4.78, 5) is 23.1. The minimum atomic E-state index is -1.08. The van der Waals surface area contributed by atoms with Gasteiger partial charge in [0.05, 0.1) is 11.3 Å². The molecule has 0 saturated heterocycles. The standard InChI is InChI=1S/C17H17NO4/c1-11-6-8-13(9-7-11)22-10-15(19)18-16-12(2)4-3-5-14(16)17(20)21/h3-9H,10H2,1-2H3,(H,18,19)(H,20,21). The van der Waals surface area contributed by atoms with Crippen LogP contribution in [0.4, 0.5) is 5.69 Å². The maximum atomic E-state index is 12.0. The van der Waals surface area contributed by atoms with Crippen molar-refractivity contribution in [2.24, 2.45) is 0 Å². The van der Waals surface area contributed by atoms with Gasteiger partial charge in [-0.05, 0) is 37.6 Å². The van der Waals surface area contributed by atoms with Crippen LogP contribution < -0.4 is 10.1 Å². The van der Waals surface area contributed by atoms with Gasteiger partial charge < -0.3 is 15.2 Å². The number of carboxylic acids is 1. The SMILES string of the molecule is Cc1ccc(OCC(=O)Nc2c(C)cccc2C(=O)O)cc1. The van der Waals surface area contributed by atoms with Crippen LogP contribution in [0.5, 0.6) is 5.75 Å². The van der Waals surface area contributed by atoms with E-state index in [2.05, 4.69) is 5.32 Å². The molecule has 0 atom stereocenters. The van der Waals surface area contributed by atoms with E-state index in [1.165, 1.54) is 6.07 Å². The van der Waals surface area contributed by atoms with Crippen molar-refractivity contribution >= 4 is 17.6 Å². The van der Waals surface area contributed by atoms with E-state index in [0.717, 1.165) is 5.56 Å². The largest absolute Gasteiger partial charge is 0.484 e. The van der Waals surface area contributed by atoms with E-state index < -0.39 is 11.9 Å². The number of rotatable bonds is 5. The third-order valence-corrected chi connectivity index (χ3v) is 3.16. The van der Waals surface area contributed by atoms with Crippen LogP contribution in [0.2, 0.25) is 0 Å². The molecule has 0 saturated carbocycles. The Morgan fingerprint density at radius 2 is 1.77 bits per heavy atom. The summed E-state index contributed by atoms with van der Waals surface area (Å²) in [7, 11) is 0. The van der Waals surface area contributed by atoms with E-state index in [1.54, 1.807) is 31.2 Å². The van der Waals surface area contributed by atoms with E-state index in [-0.39, 0.29) is 12.2 Å². The highest BCUT2D eigenvalue weighted by Gasteiger charge is 2.14. The number of amides is 1. The molecule has 0 aromatic heterocycles. The first-order valence-corrected chi connectivity index (χ1v) is 6.79. The first kappa shape index (κ1) is 15.6. The highest BCUT2D eigenvalue weighted by Crippen LogP contribution is 2.20. The molecule has 0 spiro atoms. The first-order chi connectivity index (χ1) is 10.5. The first-order valence-electron chi connectivity index (χ1n) is 6.79. The van der Waals surface area contributed by atoms with Gasteiger partial charge in [0.15, 0.2) is 6.61 Å². The zero-order valence-corrected chi connectivity index (χ0v) is 12.4. The summed E-state index contributed by atoms with van der Waals surface area (Å²) in [5.74, 6) is -0.903. The monoisotopic (exact) mass is 299 g/mol. The highest BCUT2D eigenvalue weighted by molar-refractivity contribution is 6.01. The van der Waals surface area contributed by atoms with Crippen LogP contribution in [0, 0.1) is 13.8 Å². The number of anilines is 1. The van der Waals surface area contributed by atoms with Crippen molar-refractivity contribution in [3.05, 3.63) is 59.2 Å². The molecule has 2 aromatic carbocycles. The van der Waals surface area contributed by atoms with E-state index in [1.807, 2.05) is 19.1 Å². The molecule has 1 amide bonds. The Hall–Kier alpha value is -2.82. The number of aryl methyl sites for hydroxylation is 2. The Labute approximate surface area is 128 Å². The van der Waals surface area contributed by atoms with Crippen molar-refractivity contribution in [3.8, 4) is 5.75 Å². The van der Waals surface area contributed by atoms with Crippen molar-refractivity contribution in [3.63, 3.8) is 0 Å². The van der Waals surface area contributed by atoms with Gasteiger partial charge in [-0.2, -0.15) is 0 Å². The van der Waals surface area contributed by atoms with Crippen LogP contribution in [0.25, 0.3) is 0 Å². The molecule has 0 unspecified atom stereocenters. The van der Waals surface area contributed by atoms with Crippen LogP contribution in [0.15, 0.2) is 42.5 Å². The summed E-state index contributed by atoms with van der Waals surface area (Å²) in [5.41, 5.74) is 2.14. The topological polar surface area (TPSA) is 75.6 Å². The Kier molecular flexibility index (Phi) is 4.78. The molecular weight excluding hydrogens is 282 g/mol. The molecule has 2 rings (SSSR count). The highest BCUT2D eigenvalue weighted by atomic mass is 16.5. The molecule has 0 aliphatic rings. The van der Waals surface area contributed by atoms with Crippen molar-refractivity contribution in [2.75, 3.05) is 11.9 Å². The Balaban J connectivity index is 2.03. The molecule has 0 aliphatic heterocycles. The van der Waals surface area contributed by atoms with Gasteiger partial charge in [0.25, 0.3) is 5.91 Å². The molecule has 0 aliphatic carbocycles. The number of aromatic carboxylic acids is 1. The number of ether oxygens (including phenoxy) is 1. The number of carbonyl (C=O) groups is 2. The second kappa shape index (κ2) is 6.76. The molecule has 0 bridgehead atoms. The molecule has 0 heterocycles. The number of carboxylic acid groups (broad SMARTS) is 1. The summed E-state index contributed by atoms with van der Waals surface area (Å²) in [6.07, 6.45) is 0. The number of hydrogen-bond donors (Lipinski definition) is 2. The molecular formula is C17H17NO4. The fraction of sp³-hybridized carbons (Fsp3) is 0.176. The molecule has 114 valence electrons. The van der Waals surface area contributed by atoms with Crippen molar-refractivity contribution < 1.29 is 19.4 Å². The second-order valence-electron chi connectivity index (χ2n) is 4.95. The molecule has 5 nitrogen and oxygen atoms in total. The van der Waals surface area contributed by atoms with E-state index in [9.17, 15) is 9.59 Å². The van der Waals surface area contributed by atoms with Gasteiger partial charge in [0.1, 0.15) is 5.75 Å². The van der Waals surface area contributed by atoms with Crippen molar-refractivity contribution in [1.29, 1.82) is 0 Å². The lowest BCUT2D eigenvalue weighted by Gasteiger charge is -2.12. The number of hydrogen-bond acceptors (Lipinski definition) is 3. The fourth-order valence-corrected chi connectivity index (χ4v) is 1.97. The summed E-state index contributed by atoms with van der Waals surface area (Å²) in [6, 6.07) is 12.2. The van der Waals surface area contributed by atoms with Crippen LogP contribution in [-0.2, 0) is 4.79 Å². The van der Waals surface area contributed by atoms with E-state index >= 15 is 0 Å². The van der Waals surface area contributed by atoms with Crippen molar-refractivity contribution in [2.45, 2.75) is 13.8 Å². The molecule has 5 heteroatoms. The zero-order chi connectivity index (χ0) is 16.1. The predicted octanol–water partition coefficient (Wildman–Crippen LogP) is 3.02. The minimum absolute atomic E-state index is 0.0590. The molecule has 22 heavy (non-hydrogen) atoms. The van der Waals surface area contributed by atoms with Crippen LogP contribution in [0.1, 0.15) is 21.5 Å². The zero-order valence-electron chi connectivity index (χ0n) is 12.4. The maximum absolute atomic E-state index is 12.0. The lowest BCUT2D eigenvalue weighted by Crippen LogP contribution is -2.22. The number of benzene rings is 2. The molecule has 2 aromatic rings. The van der Waals surface area contributed by atoms with Gasteiger partial charge in [-0.15, -0.1) is 0 Å². The van der Waals surface area contributed by atoms with E-state index in [0.29, 0.717) is 17.0 Å². The van der Waals surface area contributed by atoms with Gasteiger partial charge in [-0.1, -0.05) is 29.8 Å². The van der Waals surface area contributed by atoms with Gasteiger partial charge in [0.2, 0.25) is 0 Å². The van der Waals surface area contributed by atoms with Gasteiger partial charge in [-0.3, -0.25) is 4.79 Å². The Bertz CT molecular complexity index is 692. The summed E-state index contributed by atoms with van der Waals surface area (Å²) in [5, 5.41) is 11.8. The van der Waals surface area contributed by atoms with Crippen molar-refractivity contribution in [1.82, 2.24) is 0 Å². The average molecular weight is 299 g/mol. The third kappa shape index (κ3) is 3.85. The van der Waals surface area contributed by atoms with E-state index in [4.69, 9.17) is 9.84 Å². The molecule has 2 N–H and O–H groups in total. The second-order valence-corrected chi connectivity index (χ2v) is 4.95. The van der Waals surface area contributed by atoms with Crippen LogP contribution in [-0.4, -0.2) is 23.6 Å². The third-order valence-electron chi connectivity index (χ3n) is 3.16. The quantitative estimate of drug-likeness (QED) is 0.890. The lowest BCUT2D eigenvalue weighted by molar-refractivity contribution is -0.118. The van der Waals surface area contributed by atoms with Gasteiger partial charge in [0, 0.05) is 0 Å². The minimum Gasteiger partial charge on any atom is -0.484 e. The van der Waals surface area contributed by atoms with Gasteiger partial charge in [-0.25, -0.2) is 4.79 Å². The average Bonchev–Trinajstić information content (AvgIpc) is 2.48. The maximum Gasteiger partial charge on any atom is 0.337 e. The summed E-state index contributed by atoms with van der Waals surface area (Å²) in [6.45, 7) is 3.52. The van der Waals surface area contributed by atoms with Crippen LogP contribution in [0.3, 0.4) is 0 Å². The number of para-hydroxylation sites is 1. The summed E-state index contributed by atoms with van der Waals surface area (Å²) >= 11 is 0. The Morgan fingerprint density at radius 1 is 1.09 bits per heavy atom. The molecule has 0 fully saturated rings. The normalized spacial score (nSPS) is 10.1.